The third kappa shape index (κ3) is 5.70. The molecule has 4 rings (SSSR count). The molecule has 0 amide bonds. The highest BCUT2D eigenvalue weighted by atomic mass is 35.5. The van der Waals surface area contributed by atoms with Gasteiger partial charge in [-0.2, -0.15) is 0 Å². The summed E-state index contributed by atoms with van der Waals surface area (Å²) in [5.41, 5.74) is 2.34. The number of carbonyl (C=O) groups is 2. The highest BCUT2D eigenvalue weighted by Gasteiger charge is 2.24. The Kier molecular flexibility index (Phi) is 7.51. The largest absolute Gasteiger partial charge is 0.294 e. The van der Waals surface area contributed by atoms with Crippen molar-refractivity contribution in [2.24, 2.45) is 0 Å². The molecule has 4 aromatic carbocycles. The van der Waals surface area contributed by atoms with E-state index in [9.17, 15) is 18.0 Å². The van der Waals surface area contributed by atoms with Crippen LogP contribution in [0.15, 0.2) is 107 Å². The Morgan fingerprint density at radius 2 is 0.943 bits per heavy atom. The number of benzene rings is 4. The summed E-state index contributed by atoms with van der Waals surface area (Å²) in [6.45, 7) is 0. The Morgan fingerprint density at radius 3 is 1.29 bits per heavy atom. The van der Waals surface area contributed by atoms with Gasteiger partial charge < -0.3 is 0 Å². The van der Waals surface area contributed by atoms with Crippen LogP contribution in [0.2, 0.25) is 10.0 Å². The first-order valence-corrected chi connectivity index (χ1v) is 13.0. The fraction of sp³-hybridized carbons (Fsp3) is 0.0714. The van der Waals surface area contributed by atoms with Crippen molar-refractivity contribution in [3.8, 4) is 0 Å². The van der Waals surface area contributed by atoms with Crippen molar-refractivity contribution in [2.75, 3.05) is 0 Å². The Hall–Kier alpha value is -3.25. The second kappa shape index (κ2) is 10.6. The third-order valence-corrected chi connectivity index (χ3v) is 8.21. The van der Waals surface area contributed by atoms with Gasteiger partial charge in [0.15, 0.2) is 11.6 Å². The van der Waals surface area contributed by atoms with E-state index < -0.39 is 9.84 Å². The summed E-state index contributed by atoms with van der Waals surface area (Å²) in [4.78, 5) is 24.7. The smallest absolute Gasteiger partial charge is 0.209 e. The van der Waals surface area contributed by atoms with Crippen molar-refractivity contribution in [1.29, 1.82) is 0 Å². The van der Waals surface area contributed by atoms with Crippen molar-refractivity contribution >= 4 is 44.6 Å². The summed E-state index contributed by atoms with van der Waals surface area (Å²) in [5.74, 6) is -0.193. The molecule has 0 heterocycles. The summed E-state index contributed by atoms with van der Waals surface area (Å²) < 4.78 is 26.6. The lowest BCUT2D eigenvalue weighted by molar-refractivity contribution is 0.0984. The van der Waals surface area contributed by atoms with E-state index in [1.807, 2.05) is 12.1 Å². The minimum Gasteiger partial charge on any atom is -0.294 e. The zero-order chi connectivity index (χ0) is 25.0. The van der Waals surface area contributed by atoms with E-state index in [0.717, 1.165) is 0 Å². The van der Waals surface area contributed by atoms with Crippen LogP contribution in [-0.4, -0.2) is 20.0 Å². The molecular weight excluding hydrogens is 503 g/mol. The lowest BCUT2D eigenvalue weighted by atomic mass is 10.0. The molecule has 0 aromatic heterocycles. The molecule has 0 radical (unpaired) electrons. The zero-order valence-electron chi connectivity index (χ0n) is 18.4. The van der Waals surface area contributed by atoms with E-state index in [1.54, 1.807) is 60.7 Å². The Balaban J connectivity index is 1.55. The number of hydrogen-bond donors (Lipinski definition) is 0. The Bertz CT molecular complexity index is 1390. The molecule has 0 unspecified atom stereocenters. The lowest BCUT2D eigenvalue weighted by Crippen LogP contribution is -2.07. The molecule has 176 valence electrons. The predicted octanol–water partition coefficient (Wildman–Crippen LogP) is 6.68. The van der Waals surface area contributed by atoms with Gasteiger partial charge in [0.2, 0.25) is 9.84 Å². The van der Waals surface area contributed by atoms with Gasteiger partial charge in [0, 0.05) is 24.0 Å². The Morgan fingerprint density at radius 1 is 0.571 bits per heavy atom. The molecule has 0 bridgehead atoms. The standard InChI is InChI=1S/C28H20Cl2O4S/c29-23-15-19(17-25(31)21-7-3-1-4-8-21)11-13-27(23)35(33,34)28-14-12-20(16-24(28)30)18-26(32)22-9-5-2-6-10-22/h1-16H,17-18H2. The molecule has 0 spiro atoms. The molecule has 0 aliphatic carbocycles. The molecule has 0 saturated heterocycles. The maximum atomic E-state index is 13.3. The SMILES string of the molecule is O=C(Cc1ccc(S(=O)(=O)c2ccc(CC(=O)c3ccccc3)cc2Cl)c(Cl)c1)c1ccccc1. The van der Waals surface area contributed by atoms with Gasteiger partial charge in [0.1, 0.15) is 0 Å². The number of ketones is 2. The van der Waals surface area contributed by atoms with Crippen LogP contribution in [0.4, 0.5) is 0 Å². The highest BCUT2D eigenvalue weighted by molar-refractivity contribution is 7.91. The molecular formula is C28H20Cl2O4S. The monoisotopic (exact) mass is 522 g/mol. The van der Waals surface area contributed by atoms with E-state index in [1.165, 1.54) is 24.3 Å². The molecule has 7 heteroatoms. The number of halogens is 2. The minimum absolute atomic E-state index is 0.00256. The number of hydrogen-bond acceptors (Lipinski definition) is 4. The number of sulfone groups is 1. The van der Waals surface area contributed by atoms with Gasteiger partial charge >= 0.3 is 0 Å². The van der Waals surface area contributed by atoms with Crippen LogP contribution < -0.4 is 0 Å². The number of carbonyl (C=O) groups excluding carboxylic acids is 2. The van der Waals surface area contributed by atoms with Crippen LogP contribution in [0.1, 0.15) is 31.8 Å². The van der Waals surface area contributed by atoms with Gasteiger partial charge in [0.05, 0.1) is 19.8 Å². The number of Topliss-reactive ketones (excluding diaryl/α,β-unsaturated/α-hetero) is 2. The normalized spacial score (nSPS) is 11.3. The van der Waals surface area contributed by atoms with Gasteiger partial charge in [-0.05, 0) is 35.4 Å². The van der Waals surface area contributed by atoms with Crippen LogP contribution in [0, 0.1) is 0 Å². The van der Waals surface area contributed by atoms with Crippen LogP contribution in [-0.2, 0) is 22.7 Å². The second-order valence-electron chi connectivity index (χ2n) is 7.96. The van der Waals surface area contributed by atoms with Crippen molar-refractivity contribution < 1.29 is 18.0 Å². The van der Waals surface area contributed by atoms with Crippen molar-refractivity contribution in [2.45, 2.75) is 22.6 Å². The van der Waals surface area contributed by atoms with E-state index in [-0.39, 0.29) is 44.2 Å². The van der Waals surface area contributed by atoms with Crippen LogP contribution >= 0.6 is 23.2 Å². The maximum Gasteiger partial charge on any atom is 0.209 e. The van der Waals surface area contributed by atoms with Gasteiger partial charge in [-0.3, -0.25) is 9.59 Å². The quantitative estimate of drug-likeness (QED) is 0.242. The molecule has 0 N–H and O–H groups in total. The first-order valence-electron chi connectivity index (χ1n) is 10.7. The summed E-state index contributed by atoms with van der Waals surface area (Å²) in [5, 5.41) is 0.00511. The molecule has 4 aromatic rings. The molecule has 0 atom stereocenters. The summed E-state index contributed by atoms with van der Waals surface area (Å²) >= 11 is 12.7. The van der Waals surface area contributed by atoms with Crippen molar-refractivity contribution in [1.82, 2.24) is 0 Å². The topological polar surface area (TPSA) is 68.3 Å². The second-order valence-corrected chi connectivity index (χ2v) is 10.7. The van der Waals surface area contributed by atoms with Gasteiger partial charge in [-0.25, -0.2) is 8.42 Å². The highest BCUT2D eigenvalue weighted by Crippen LogP contribution is 2.33. The molecule has 0 fully saturated rings. The zero-order valence-corrected chi connectivity index (χ0v) is 20.8. The lowest BCUT2D eigenvalue weighted by Gasteiger charge is -2.11. The molecule has 35 heavy (non-hydrogen) atoms. The molecule has 0 saturated carbocycles. The van der Waals surface area contributed by atoms with Crippen molar-refractivity contribution in [3.63, 3.8) is 0 Å². The first kappa shape index (κ1) is 24.9. The molecule has 0 aliphatic heterocycles. The van der Waals surface area contributed by atoms with Crippen molar-refractivity contribution in [3.05, 3.63) is 129 Å². The number of rotatable bonds is 8. The molecule has 4 nitrogen and oxygen atoms in total. The van der Waals surface area contributed by atoms with E-state index >= 15 is 0 Å². The van der Waals surface area contributed by atoms with E-state index in [2.05, 4.69) is 0 Å². The summed E-state index contributed by atoms with van der Waals surface area (Å²) in [6.07, 6.45) is 0.184. The van der Waals surface area contributed by atoms with Gasteiger partial charge in [-0.15, -0.1) is 0 Å². The fourth-order valence-electron chi connectivity index (χ4n) is 3.69. The molecule has 0 aliphatic rings. The average Bonchev–Trinajstić information content (AvgIpc) is 2.85. The van der Waals surface area contributed by atoms with Gasteiger partial charge in [0.25, 0.3) is 0 Å². The third-order valence-electron chi connectivity index (χ3n) is 5.49. The predicted molar refractivity (Wildman–Crippen MR) is 137 cm³/mol. The van der Waals surface area contributed by atoms with Crippen LogP contribution in [0.3, 0.4) is 0 Å². The first-order chi connectivity index (χ1) is 16.8. The van der Waals surface area contributed by atoms with Crippen LogP contribution in [0.5, 0.6) is 0 Å². The van der Waals surface area contributed by atoms with E-state index in [4.69, 9.17) is 23.2 Å². The van der Waals surface area contributed by atoms with E-state index in [0.29, 0.717) is 22.3 Å². The summed E-state index contributed by atoms with van der Waals surface area (Å²) in [6, 6.07) is 26.5. The van der Waals surface area contributed by atoms with Gasteiger partial charge in [-0.1, -0.05) is 96.0 Å². The fourth-order valence-corrected chi connectivity index (χ4v) is 6.06. The van der Waals surface area contributed by atoms with Crippen LogP contribution in [0.25, 0.3) is 0 Å². The Labute approximate surface area is 214 Å². The maximum absolute atomic E-state index is 13.3. The summed E-state index contributed by atoms with van der Waals surface area (Å²) in [7, 11) is -4.03. The minimum atomic E-state index is -4.03. The average molecular weight is 523 g/mol.